The number of furan rings is 1. The van der Waals surface area contributed by atoms with Gasteiger partial charge < -0.3 is 8.98 Å². The molecule has 0 saturated carbocycles. The fourth-order valence-corrected chi connectivity index (χ4v) is 6.16. The Morgan fingerprint density at radius 2 is 1.40 bits per heavy atom. The number of nitrogens with zero attached hydrogens (tertiary/aromatic N) is 3. The molecule has 0 N–H and O–H groups in total. The van der Waals surface area contributed by atoms with Gasteiger partial charge in [-0.3, -0.25) is 4.99 Å². The summed E-state index contributed by atoms with van der Waals surface area (Å²) in [6.07, 6.45) is 0. The van der Waals surface area contributed by atoms with Crippen molar-refractivity contribution in [2.24, 2.45) is 9.98 Å². The zero-order valence-electron chi connectivity index (χ0n) is 23.4. The molecule has 0 atom stereocenters. The van der Waals surface area contributed by atoms with Crippen molar-refractivity contribution < 1.29 is 4.42 Å². The number of benzene rings is 6. The van der Waals surface area contributed by atoms with E-state index in [0.29, 0.717) is 12.4 Å². The molecular weight excluding hydrogens is 526 g/mol. The van der Waals surface area contributed by atoms with E-state index in [1.54, 1.807) is 0 Å². The second-order valence-electron chi connectivity index (χ2n) is 10.7. The van der Waals surface area contributed by atoms with Crippen molar-refractivity contribution in [3.05, 3.63) is 151 Å². The first-order valence-corrected chi connectivity index (χ1v) is 14.4. The molecule has 204 valence electrons. The summed E-state index contributed by atoms with van der Waals surface area (Å²) in [7, 11) is 0. The highest BCUT2D eigenvalue weighted by Crippen LogP contribution is 2.40. The molecule has 0 amide bonds. The Balaban J connectivity index is 1.23. The molecule has 8 rings (SSSR count). The molecule has 0 bridgehead atoms. The molecule has 0 spiro atoms. The van der Waals surface area contributed by atoms with Crippen LogP contribution in [-0.4, -0.2) is 17.1 Å². The van der Waals surface area contributed by atoms with Gasteiger partial charge in [0.05, 0.1) is 23.0 Å². The van der Waals surface area contributed by atoms with Gasteiger partial charge in [0, 0.05) is 27.4 Å². The third kappa shape index (κ3) is 4.23. The van der Waals surface area contributed by atoms with Crippen LogP contribution in [0, 0.1) is 0 Å². The predicted octanol–water partition coefficient (Wildman–Crippen LogP) is 10.00. The summed E-state index contributed by atoms with van der Waals surface area (Å²) < 4.78 is 8.64. The number of hydrogen-bond acceptors (Lipinski definition) is 2. The Morgan fingerprint density at radius 3 is 2.23 bits per heavy atom. The van der Waals surface area contributed by atoms with Gasteiger partial charge in [-0.15, -0.1) is 0 Å². The molecule has 4 nitrogen and oxygen atoms in total. The maximum atomic E-state index is 6.27. The first-order chi connectivity index (χ1) is 21.3. The Bertz CT molecular complexity index is 2320. The van der Waals surface area contributed by atoms with Crippen molar-refractivity contribution in [3.63, 3.8) is 0 Å². The molecule has 0 unspecified atom stereocenters. The van der Waals surface area contributed by atoms with Crippen LogP contribution in [0.1, 0.15) is 11.1 Å². The molecule has 0 aliphatic heterocycles. The van der Waals surface area contributed by atoms with E-state index in [1.165, 1.54) is 16.3 Å². The Hall–Kier alpha value is -5.74. The van der Waals surface area contributed by atoms with Crippen LogP contribution in [0.15, 0.2) is 154 Å². The van der Waals surface area contributed by atoms with Crippen molar-refractivity contribution in [2.75, 3.05) is 0 Å². The molecule has 0 fully saturated rings. The van der Waals surface area contributed by atoms with Crippen LogP contribution < -0.4 is 0 Å². The third-order valence-corrected chi connectivity index (χ3v) is 8.16. The van der Waals surface area contributed by atoms with Crippen molar-refractivity contribution in [2.45, 2.75) is 6.54 Å². The molecule has 0 aliphatic rings. The second-order valence-corrected chi connectivity index (χ2v) is 10.7. The van der Waals surface area contributed by atoms with Crippen LogP contribution in [0.5, 0.6) is 0 Å². The first-order valence-electron chi connectivity index (χ1n) is 14.4. The number of aromatic nitrogens is 1. The van der Waals surface area contributed by atoms with Crippen LogP contribution >= 0.6 is 0 Å². The van der Waals surface area contributed by atoms with Gasteiger partial charge in [-0.05, 0) is 65.9 Å². The Labute approximate surface area is 248 Å². The van der Waals surface area contributed by atoms with Crippen LogP contribution in [0.2, 0.25) is 0 Å². The fourth-order valence-electron chi connectivity index (χ4n) is 6.16. The topological polar surface area (TPSA) is 42.8 Å². The van der Waals surface area contributed by atoms with Crippen LogP contribution in [0.25, 0.3) is 60.6 Å². The number of fused-ring (bicyclic) bond motifs is 7. The molecule has 2 aromatic heterocycles. The monoisotopic (exact) mass is 553 g/mol. The summed E-state index contributed by atoms with van der Waals surface area (Å²) in [4.78, 5) is 8.99. The molecular formula is C39H27N3O. The highest BCUT2D eigenvalue weighted by Gasteiger charge is 2.18. The van der Waals surface area contributed by atoms with Crippen molar-refractivity contribution >= 4 is 56.3 Å². The lowest BCUT2D eigenvalue weighted by molar-refractivity contribution is 0.669. The van der Waals surface area contributed by atoms with Gasteiger partial charge in [-0.1, -0.05) is 97.1 Å². The number of hydrogen-bond donors (Lipinski definition) is 0. The number of aliphatic imine (C=N–C) groups is 2. The van der Waals surface area contributed by atoms with Crippen LogP contribution in [0.3, 0.4) is 0 Å². The van der Waals surface area contributed by atoms with E-state index in [9.17, 15) is 0 Å². The zero-order valence-corrected chi connectivity index (χ0v) is 23.4. The third-order valence-electron chi connectivity index (χ3n) is 8.16. The molecule has 0 aliphatic carbocycles. The minimum atomic E-state index is 0.562. The van der Waals surface area contributed by atoms with Gasteiger partial charge in [0.2, 0.25) is 0 Å². The van der Waals surface area contributed by atoms with Crippen LogP contribution in [-0.2, 0) is 6.54 Å². The molecule has 0 radical (unpaired) electrons. The van der Waals surface area contributed by atoms with E-state index in [2.05, 4.69) is 119 Å². The van der Waals surface area contributed by atoms with Gasteiger partial charge in [0.25, 0.3) is 0 Å². The van der Waals surface area contributed by atoms with E-state index in [-0.39, 0.29) is 0 Å². The summed E-state index contributed by atoms with van der Waals surface area (Å²) in [6, 6.07) is 48.5. The van der Waals surface area contributed by atoms with Crippen molar-refractivity contribution in [1.82, 2.24) is 4.57 Å². The Kier molecular flexibility index (Phi) is 5.97. The normalized spacial score (nSPS) is 12.0. The van der Waals surface area contributed by atoms with E-state index in [1.807, 2.05) is 36.4 Å². The lowest BCUT2D eigenvalue weighted by Gasteiger charge is -2.11. The zero-order chi connectivity index (χ0) is 28.8. The molecule has 4 heteroatoms. The summed E-state index contributed by atoms with van der Waals surface area (Å²) >= 11 is 0. The smallest absolute Gasteiger partial charge is 0.154 e. The van der Waals surface area contributed by atoms with E-state index in [0.717, 1.165) is 55.4 Å². The molecule has 0 saturated heterocycles. The van der Waals surface area contributed by atoms with Gasteiger partial charge in [-0.2, -0.15) is 0 Å². The number of rotatable bonds is 5. The lowest BCUT2D eigenvalue weighted by Crippen LogP contribution is -1.98. The predicted molar refractivity (Wildman–Crippen MR) is 180 cm³/mol. The van der Waals surface area contributed by atoms with Gasteiger partial charge in [0.15, 0.2) is 5.84 Å². The van der Waals surface area contributed by atoms with E-state index >= 15 is 0 Å². The van der Waals surface area contributed by atoms with E-state index in [4.69, 9.17) is 9.41 Å². The molecule has 2 heterocycles. The highest BCUT2D eigenvalue weighted by atomic mass is 16.3. The van der Waals surface area contributed by atoms with Gasteiger partial charge >= 0.3 is 0 Å². The SMILES string of the molecule is C=N/C(=N\Cc1ccccc1)c1cccc(-c2ccc(-n3c4ccccc4c4ccc5oc6ccccc6c5c43)cc2)c1. The minimum Gasteiger partial charge on any atom is -0.456 e. The summed E-state index contributed by atoms with van der Waals surface area (Å²) in [5.74, 6) is 0.643. The molecule has 8 aromatic rings. The summed E-state index contributed by atoms with van der Waals surface area (Å²) in [5.41, 5.74) is 9.54. The second kappa shape index (κ2) is 10.3. The molecule has 6 aromatic carbocycles. The maximum absolute atomic E-state index is 6.27. The standard InChI is InChI=1S/C39H27N3O/c1-40-39(41-25-26-10-3-2-4-11-26)29-13-9-12-28(24-29)27-18-20-30(21-19-27)42-34-16-7-5-14-31(34)32-22-23-36-37(38(32)42)33-15-6-8-17-35(33)43-36/h2-24H,1,25H2/b41-39-. The van der Waals surface area contributed by atoms with Crippen LogP contribution in [0.4, 0.5) is 0 Å². The number of para-hydroxylation sites is 2. The average Bonchev–Trinajstić information content (AvgIpc) is 3.61. The number of amidine groups is 1. The largest absolute Gasteiger partial charge is 0.456 e. The van der Waals surface area contributed by atoms with E-state index < -0.39 is 0 Å². The van der Waals surface area contributed by atoms with Gasteiger partial charge in [-0.25, -0.2) is 4.99 Å². The average molecular weight is 554 g/mol. The summed E-state index contributed by atoms with van der Waals surface area (Å²) in [5, 5.41) is 4.70. The minimum absolute atomic E-state index is 0.562. The van der Waals surface area contributed by atoms with Crippen molar-refractivity contribution in [3.8, 4) is 16.8 Å². The highest BCUT2D eigenvalue weighted by molar-refractivity contribution is 6.24. The fraction of sp³-hybridized carbons (Fsp3) is 0.0256. The van der Waals surface area contributed by atoms with Crippen molar-refractivity contribution in [1.29, 1.82) is 0 Å². The summed E-state index contributed by atoms with van der Waals surface area (Å²) in [6.45, 7) is 4.35. The quantitative estimate of drug-likeness (QED) is 0.154. The van der Waals surface area contributed by atoms with Gasteiger partial charge in [0.1, 0.15) is 11.2 Å². The Morgan fingerprint density at radius 1 is 0.628 bits per heavy atom. The lowest BCUT2D eigenvalue weighted by atomic mass is 10.0. The first kappa shape index (κ1) is 25.0. The maximum Gasteiger partial charge on any atom is 0.154 e. The molecule has 43 heavy (non-hydrogen) atoms.